The molecule has 7 nitrogen and oxygen atoms in total. The number of carbonyl (C=O) groups excluding carboxylic acids is 3. The Balaban J connectivity index is 1.62. The van der Waals surface area contributed by atoms with E-state index in [1.807, 2.05) is 6.07 Å². The Morgan fingerprint density at radius 2 is 1.69 bits per heavy atom. The van der Waals surface area contributed by atoms with E-state index in [9.17, 15) is 14.4 Å². The first-order valence-corrected chi connectivity index (χ1v) is 8.18. The number of hydrogen-bond acceptors (Lipinski definition) is 4. The van der Waals surface area contributed by atoms with Crippen LogP contribution in [0.2, 0.25) is 0 Å². The van der Waals surface area contributed by atoms with Gasteiger partial charge in [-0.2, -0.15) is 0 Å². The molecule has 0 radical (unpaired) electrons. The smallest absolute Gasteiger partial charge is 0.316 e. The van der Waals surface area contributed by atoms with E-state index in [-0.39, 0.29) is 12.5 Å². The van der Waals surface area contributed by atoms with Crippen molar-refractivity contribution in [3.63, 3.8) is 0 Å². The quantitative estimate of drug-likeness (QED) is 0.827. The molecule has 2 aromatic carbocycles. The van der Waals surface area contributed by atoms with Crippen LogP contribution in [0.1, 0.15) is 0 Å². The number of ether oxygens (including phenoxy) is 1. The zero-order valence-corrected chi connectivity index (χ0v) is 14.3. The van der Waals surface area contributed by atoms with E-state index < -0.39 is 11.8 Å². The van der Waals surface area contributed by atoms with Crippen molar-refractivity contribution in [3.8, 4) is 5.75 Å². The van der Waals surface area contributed by atoms with E-state index in [4.69, 9.17) is 4.74 Å². The molecule has 3 amide bonds. The highest BCUT2D eigenvalue weighted by Gasteiger charge is 2.34. The molecule has 2 aromatic rings. The maximum Gasteiger partial charge on any atom is 0.316 e. The van der Waals surface area contributed by atoms with Gasteiger partial charge in [-0.3, -0.25) is 14.4 Å². The summed E-state index contributed by atoms with van der Waals surface area (Å²) in [6.45, 7) is 0.463. The summed E-state index contributed by atoms with van der Waals surface area (Å²) in [6, 6.07) is 15.9. The first-order chi connectivity index (χ1) is 12.6. The molecule has 0 aromatic heterocycles. The molecule has 1 heterocycles. The first kappa shape index (κ1) is 17.5. The van der Waals surface area contributed by atoms with E-state index in [1.54, 1.807) is 55.6 Å². The van der Waals surface area contributed by atoms with E-state index >= 15 is 0 Å². The molecule has 0 bridgehead atoms. The molecule has 3 rings (SSSR count). The zero-order chi connectivity index (χ0) is 18.5. The van der Waals surface area contributed by atoms with Gasteiger partial charge in [-0.25, -0.2) is 0 Å². The third-order valence-electron chi connectivity index (χ3n) is 4.08. The monoisotopic (exact) mass is 353 g/mol. The molecule has 1 fully saturated rings. The standard InChI is InChI=1S/C19H19N3O4/c1-26-16-9-7-15(8-10-16)22-12-11-21(18(24)19(22)25)13-17(23)20-14-5-3-2-4-6-14/h2-10H,11-13H2,1H3,(H,20,23). The SMILES string of the molecule is COc1ccc(N2CCN(CC(=O)Nc3ccccc3)C(=O)C2=O)cc1. The van der Waals surface area contributed by atoms with Crippen molar-refractivity contribution < 1.29 is 19.1 Å². The molecular weight excluding hydrogens is 334 g/mol. The maximum absolute atomic E-state index is 12.4. The molecule has 134 valence electrons. The molecule has 1 aliphatic heterocycles. The summed E-state index contributed by atoms with van der Waals surface area (Å²) in [4.78, 5) is 39.5. The number of piperazine rings is 1. The summed E-state index contributed by atoms with van der Waals surface area (Å²) >= 11 is 0. The molecule has 26 heavy (non-hydrogen) atoms. The van der Waals surface area contributed by atoms with Crippen LogP contribution in [-0.4, -0.2) is 49.4 Å². The number of amides is 3. The van der Waals surface area contributed by atoms with Crippen LogP contribution in [-0.2, 0) is 14.4 Å². The second-order valence-corrected chi connectivity index (χ2v) is 5.80. The molecule has 0 atom stereocenters. The number of nitrogens with one attached hydrogen (secondary N) is 1. The number of rotatable bonds is 5. The van der Waals surface area contributed by atoms with Gasteiger partial charge in [-0.15, -0.1) is 0 Å². The lowest BCUT2D eigenvalue weighted by atomic mass is 10.2. The third kappa shape index (κ3) is 3.83. The first-order valence-electron chi connectivity index (χ1n) is 8.18. The van der Waals surface area contributed by atoms with Gasteiger partial charge in [-0.05, 0) is 36.4 Å². The van der Waals surface area contributed by atoms with Crippen LogP contribution in [0.25, 0.3) is 0 Å². The third-order valence-corrected chi connectivity index (χ3v) is 4.08. The summed E-state index contributed by atoms with van der Waals surface area (Å²) < 4.78 is 5.09. The molecule has 0 aliphatic carbocycles. The Labute approximate surface area is 151 Å². The van der Waals surface area contributed by atoms with E-state index in [0.717, 1.165) is 0 Å². The Hall–Kier alpha value is -3.35. The largest absolute Gasteiger partial charge is 0.497 e. The van der Waals surface area contributed by atoms with Gasteiger partial charge >= 0.3 is 11.8 Å². The van der Waals surface area contributed by atoms with Gasteiger partial charge in [0.05, 0.1) is 7.11 Å². The molecule has 1 aliphatic rings. The van der Waals surface area contributed by atoms with E-state index in [1.165, 1.54) is 9.80 Å². The van der Waals surface area contributed by atoms with Crippen LogP contribution in [0.15, 0.2) is 54.6 Å². The van der Waals surface area contributed by atoms with Crippen LogP contribution < -0.4 is 15.0 Å². The minimum absolute atomic E-state index is 0.157. The van der Waals surface area contributed by atoms with E-state index in [0.29, 0.717) is 30.2 Å². The molecule has 0 unspecified atom stereocenters. The summed E-state index contributed by atoms with van der Waals surface area (Å²) in [5.74, 6) is -0.997. The fraction of sp³-hybridized carbons (Fsp3) is 0.211. The predicted molar refractivity (Wildman–Crippen MR) is 97.0 cm³/mol. The van der Waals surface area contributed by atoms with Crippen LogP contribution in [0.4, 0.5) is 11.4 Å². The van der Waals surface area contributed by atoms with Crippen LogP contribution in [0, 0.1) is 0 Å². The van der Waals surface area contributed by atoms with Crippen molar-refractivity contribution in [3.05, 3.63) is 54.6 Å². The molecule has 0 spiro atoms. The van der Waals surface area contributed by atoms with Gasteiger partial charge in [0, 0.05) is 24.5 Å². The highest BCUT2D eigenvalue weighted by atomic mass is 16.5. The Kier molecular flexibility index (Phi) is 5.17. The van der Waals surface area contributed by atoms with E-state index in [2.05, 4.69) is 5.32 Å². The lowest BCUT2D eigenvalue weighted by molar-refractivity contribution is -0.147. The number of methoxy groups -OCH3 is 1. The fourth-order valence-corrected chi connectivity index (χ4v) is 2.73. The van der Waals surface area contributed by atoms with Gasteiger partial charge in [0.2, 0.25) is 5.91 Å². The maximum atomic E-state index is 12.4. The van der Waals surface area contributed by atoms with Crippen molar-refractivity contribution in [2.24, 2.45) is 0 Å². The molecule has 7 heteroatoms. The normalized spacial score (nSPS) is 14.3. The second-order valence-electron chi connectivity index (χ2n) is 5.80. The second kappa shape index (κ2) is 7.69. The van der Waals surface area contributed by atoms with Crippen LogP contribution in [0.3, 0.4) is 0 Å². The number of carbonyl (C=O) groups is 3. The lowest BCUT2D eigenvalue weighted by Gasteiger charge is -2.33. The molecule has 0 saturated carbocycles. The van der Waals surface area contributed by atoms with Crippen molar-refractivity contribution in [2.45, 2.75) is 0 Å². The average molecular weight is 353 g/mol. The minimum atomic E-state index is -0.685. The van der Waals surface area contributed by atoms with Crippen molar-refractivity contribution in [1.82, 2.24) is 4.90 Å². The Morgan fingerprint density at radius 1 is 1.00 bits per heavy atom. The Bertz CT molecular complexity index is 805. The van der Waals surface area contributed by atoms with Gasteiger partial charge in [0.15, 0.2) is 0 Å². The van der Waals surface area contributed by atoms with Gasteiger partial charge in [0.25, 0.3) is 0 Å². The fourth-order valence-electron chi connectivity index (χ4n) is 2.73. The van der Waals surface area contributed by atoms with Gasteiger partial charge in [0.1, 0.15) is 12.3 Å². The highest BCUT2D eigenvalue weighted by Crippen LogP contribution is 2.21. The summed E-state index contributed by atoms with van der Waals surface area (Å²) in [5, 5.41) is 2.71. The molecule has 1 N–H and O–H groups in total. The lowest BCUT2D eigenvalue weighted by Crippen LogP contribution is -2.56. The van der Waals surface area contributed by atoms with Crippen molar-refractivity contribution in [1.29, 1.82) is 0 Å². The highest BCUT2D eigenvalue weighted by molar-refractivity contribution is 6.41. The number of para-hydroxylation sites is 1. The number of benzene rings is 2. The van der Waals surface area contributed by atoms with Crippen molar-refractivity contribution in [2.75, 3.05) is 37.0 Å². The van der Waals surface area contributed by atoms with Crippen LogP contribution >= 0.6 is 0 Å². The number of anilines is 2. The number of nitrogens with zero attached hydrogens (tertiary/aromatic N) is 2. The molecular formula is C19H19N3O4. The molecule has 1 saturated heterocycles. The zero-order valence-electron chi connectivity index (χ0n) is 14.3. The number of hydrogen-bond donors (Lipinski definition) is 1. The topological polar surface area (TPSA) is 79.0 Å². The summed E-state index contributed by atoms with van der Waals surface area (Å²) in [5.41, 5.74) is 1.27. The summed E-state index contributed by atoms with van der Waals surface area (Å²) in [6.07, 6.45) is 0. The van der Waals surface area contributed by atoms with Crippen LogP contribution in [0.5, 0.6) is 5.75 Å². The van der Waals surface area contributed by atoms with Gasteiger partial charge < -0.3 is 19.9 Å². The Morgan fingerprint density at radius 3 is 2.35 bits per heavy atom. The average Bonchev–Trinajstić information content (AvgIpc) is 2.66. The van der Waals surface area contributed by atoms with Crippen molar-refractivity contribution >= 4 is 29.1 Å². The summed E-state index contributed by atoms with van der Waals surface area (Å²) in [7, 11) is 1.56. The minimum Gasteiger partial charge on any atom is -0.497 e. The predicted octanol–water partition coefficient (Wildman–Crippen LogP) is 1.51. The van der Waals surface area contributed by atoms with Gasteiger partial charge in [-0.1, -0.05) is 18.2 Å².